The molecule has 5 heteroatoms. The van der Waals surface area contributed by atoms with Crippen LogP contribution in [0.15, 0.2) is 48.7 Å². The monoisotopic (exact) mass is 343 g/mol. The molecule has 1 N–H and O–H groups in total. The molecule has 2 heterocycles. The van der Waals surface area contributed by atoms with Crippen LogP contribution in [-0.4, -0.2) is 30.0 Å². The molecule has 3 rings (SSSR count). The minimum Gasteiger partial charge on any atom is -0.354 e. The molecule has 0 radical (unpaired) electrons. The highest BCUT2D eigenvalue weighted by atomic mass is 35.5. The maximum Gasteiger partial charge on any atom is 0.220 e. The molecule has 0 aliphatic carbocycles. The molecule has 0 saturated carbocycles. The Balaban J connectivity index is 1.47. The zero-order chi connectivity index (χ0) is 16.8. The summed E-state index contributed by atoms with van der Waals surface area (Å²) in [6, 6.07) is 14.0. The van der Waals surface area contributed by atoms with Gasteiger partial charge in [-0.25, -0.2) is 4.98 Å². The summed E-state index contributed by atoms with van der Waals surface area (Å²) in [7, 11) is 0. The quantitative estimate of drug-likeness (QED) is 0.873. The van der Waals surface area contributed by atoms with Crippen molar-refractivity contribution in [2.75, 3.05) is 18.0 Å². The third-order valence-electron chi connectivity index (χ3n) is 4.39. The second-order valence-corrected chi connectivity index (χ2v) is 6.55. The number of pyridine rings is 1. The summed E-state index contributed by atoms with van der Waals surface area (Å²) in [5.74, 6) is 1.08. The summed E-state index contributed by atoms with van der Waals surface area (Å²) in [5, 5.41) is 3.78. The van der Waals surface area contributed by atoms with Crippen molar-refractivity contribution >= 4 is 23.3 Å². The summed E-state index contributed by atoms with van der Waals surface area (Å²) in [6.07, 6.45) is 5.23. The Morgan fingerprint density at radius 1 is 1.29 bits per heavy atom. The largest absolute Gasteiger partial charge is 0.354 e. The Kier molecular flexibility index (Phi) is 5.70. The van der Waals surface area contributed by atoms with Gasteiger partial charge in [-0.1, -0.05) is 29.8 Å². The maximum absolute atomic E-state index is 12.1. The van der Waals surface area contributed by atoms with Gasteiger partial charge in [0.2, 0.25) is 5.91 Å². The van der Waals surface area contributed by atoms with Crippen LogP contribution in [0, 0.1) is 0 Å². The molecule has 1 unspecified atom stereocenters. The van der Waals surface area contributed by atoms with E-state index in [1.54, 1.807) is 0 Å². The predicted octanol–water partition coefficient (Wildman–Crippen LogP) is 3.45. The van der Waals surface area contributed by atoms with Gasteiger partial charge in [0.25, 0.3) is 0 Å². The third kappa shape index (κ3) is 4.48. The molecule has 1 aliphatic rings. The molecule has 1 amide bonds. The van der Waals surface area contributed by atoms with E-state index in [1.807, 2.05) is 48.7 Å². The van der Waals surface area contributed by atoms with Gasteiger partial charge >= 0.3 is 0 Å². The average Bonchev–Trinajstić information content (AvgIpc) is 3.07. The van der Waals surface area contributed by atoms with E-state index in [4.69, 9.17) is 11.6 Å². The SMILES string of the molecule is O=C(CCc1cccc(Cl)c1)NCC1CCCN1c1ccccn1. The van der Waals surface area contributed by atoms with E-state index in [2.05, 4.69) is 15.2 Å². The Bertz CT molecular complexity index is 677. The number of hydrogen-bond donors (Lipinski definition) is 1. The van der Waals surface area contributed by atoms with Gasteiger partial charge in [0, 0.05) is 36.8 Å². The minimum atomic E-state index is 0.0860. The van der Waals surface area contributed by atoms with Crippen molar-refractivity contribution in [2.45, 2.75) is 31.7 Å². The molecule has 1 saturated heterocycles. The van der Waals surface area contributed by atoms with Gasteiger partial charge in [-0.2, -0.15) is 0 Å². The van der Waals surface area contributed by atoms with Gasteiger partial charge in [0.15, 0.2) is 0 Å². The predicted molar refractivity (Wildman–Crippen MR) is 97.4 cm³/mol. The molecule has 2 aromatic rings. The molecule has 126 valence electrons. The summed E-state index contributed by atoms with van der Waals surface area (Å²) in [5.41, 5.74) is 1.09. The third-order valence-corrected chi connectivity index (χ3v) is 4.62. The molecule has 0 bridgehead atoms. The van der Waals surface area contributed by atoms with Crippen molar-refractivity contribution in [3.63, 3.8) is 0 Å². The first kappa shape index (κ1) is 16.8. The fourth-order valence-electron chi connectivity index (χ4n) is 3.14. The second-order valence-electron chi connectivity index (χ2n) is 6.11. The van der Waals surface area contributed by atoms with Crippen molar-refractivity contribution in [1.29, 1.82) is 0 Å². The van der Waals surface area contributed by atoms with Crippen molar-refractivity contribution in [3.05, 3.63) is 59.2 Å². The van der Waals surface area contributed by atoms with Crippen LogP contribution in [0.1, 0.15) is 24.8 Å². The first-order valence-electron chi connectivity index (χ1n) is 8.41. The molecular weight excluding hydrogens is 322 g/mol. The smallest absolute Gasteiger partial charge is 0.220 e. The van der Waals surface area contributed by atoms with E-state index in [1.165, 1.54) is 0 Å². The number of rotatable bonds is 6. The van der Waals surface area contributed by atoms with Crippen LogP contribution in [-0.2, 0) is 11.2 Å². The highest BCUT2D eigenvalue weighted by Gasteiger charge is 2.25. The highest BCUT2D eigenvalue weighted by molar-refractivity contribution is 6.30. The minimum absolute atomic E-state index is 0.0860. The lowest BCUT2D eigenvalue weighted by Gasteiger charge is -2.25. The Morgan fingerprint density at radius 2 is 2.21 bits per heavy atom. The molecule has 24 heavy (non-hydrogen) atoms. The standard InChI is InChI=1S/C19H22ClN3O/c20-16-6-3-5-15(13-16)9-10-19(24)22-14-17-7-4-12-23(17)18-8-1-2-11-21-18/h1-3,5-6,8,11,13,17H,4,7,9-10,12,14H2,(H,22,24). The van der Waals surface area contributed by atoms with E-state index < -0.39 is 0 Å². The van der Waals surface area contributed by atoms with E-state index in [0.717, 1.165) is 30.8 Å². The molecular formula is C19H22ClN3O. The molecule has 1 aromatic carbocycles. The van der Waals surface area contributed by atoms with E-state index in [-0.39, 0.29) is 5.91 Å². The summed E-state index contributed by atoms with van der Waals surface area (Å²) < 4.78 is 0. The highest BCUT2D eigenvalue weighted by Crippen LogP contribution is 2.22. The Morgan fingerprint density at radius 3 is 3.00 bits per heavy atom. The Hall–Kier alpha value is -2.07. The van der Waals surface area contributed by atoms with Crippen molar-refractivity contribution in [3.8, 4) is 0 Å². The van der Waals surface area contributed by atoms with Crippen molar-refractivity contribution < 1.29 is 4.79 Å². The van der Waals surface area contributed by atoms with E-state index in [0.29, 0.717) is 30.5 Å². The van der Waals surface area contributed by atoms with Gasteiger partial charge < -0.3 is 10.2 Å². The van der Waals surface area contributed by atoms with Crippen LogP contribution in [0.3, 0.4) is 0 Å². The van der Waals surface area contributed by atoms with Crippen molar-refractivity contribution in [1.82, 2.24) is 10.3 Å². The van der Waals surface area contributed by atoms with Gasteiger partial charge in [0.05, 0.1) is 0 Å². The van der Waals surface area contributed by atoms with Gasteiger partial charge in [-0.05, 0) is 49.1 Å². The number of aromatic nitrogens is 1. The van der Waals surface area contributed by atoms with Gasteiger partial charge in [0.1, 0.15) is 5.82 Å². The maximum atomic E-state index is 12.1. The van der Waals surface area contributed by atoms with E-state index >= 15 is 0 Å². The molecule has 1 aromatic heterocycles. The number of anilines is 1. The number of benzene rings is 1. The number of amides is 1. The lowest BCUT2D eigenvalue weighted by molar-refractivity contribution is -0.121. The molecule has 1 fully saturated rings. The number of halogens is 1. The van der Waals surface area contributed by atoms with Crippen LogP contribution in [0.2, 0.25) is 5.02 Å². The van der Waals surface area contributed by atoms with Crippen LogP contribution in [0.4, 0.5) is 5.82 Å². The first-order valence-corrected chi connectivity index (χ1v) is 8.79. The zero-order valence-electron chi connectivity index (χ0n) is 13.6. The fourth-order valence-corrected chi connectivity index (χ4v) is 3.36. The lowest BCUT2D eigenvalue weighted by Crippen LogP contribution is -2.40. The number of hydrogen-bond acceptors (Lipinski definition) is 3. The molecule has 0 spiro atoms. The summed E-state index contributed by atoms with van der Waals surface area (Å²) in [6.45, 7) is 1.67. The average molecular weight is 344 g/mol. The number of aryl methyl sites for hydroxylation is 1. The molecule has 4 nitrogen and oxygen atoms in total. The van der Waals surface area contributed by atoms with Crippen LogP contribution >= 0.6 is 11.6 Å². The first-order chi connectivity index (χ1) is 11.7. The van der Waals surface area contributed by atoms with E-state index in [9.17, 15) is 4.79 Å². The number of nitrogens with one attached hydrogen (secondary N) is 1. The number of carbonyl (C=O) groups is 1. The summed E-state index contributed by atoms with van der Waals surface area (Å²) in [4.78, 5) is 18.8. The van der Waals surface area contributed by atoms with Crippen LogP contribution in [0.5, 0.6) is 0 Å². The number of nitrogens with zero attached hydrogens (tertiary/aromatic N) is 2. The van der Waals surface area contributed by atoms with Crippen LogP contribution in [0.25, 0.3) is 0 Å². The second kappa shape index (κ2) is 8.15. The fraction of sp³-hybridized carbons (Fsp3) is 0.368. The summed E-state index contributed by atoms with van der Waals surface area (Å²) >= 11 is 5.97. The molecule has 1 atom stereocenters. The van der Waals surface area contributed by atoms with Crippen LogP contribution < -0.4 is 10.2 Å². The van der Waals surface area contributed by atoms with Gasteiger partial charge in [-0.3, -0.25) is 4.79 Å². The molecule has 1 aliphatic heterocycles. The number of carbonyl (C=O) groups excluding carboxylic acids is 1. The Labute approximate surface area is 147 Å². The van der Waals surface area contributed by atoms with Crippen molar-refractivity contribution in [2.24, 2.45) is 0 Å². The topological polar surface area (TPSA) is 45.2 Å². The lowest BCUT2D eigenvalue weighted by atomic mass is 10.1. The normalized spacial score (nSPS) is 17.0. The zero-order valence-corrected chi connectivity index (χ0v) is 14.4. The van der Waals surface area contributed by atoms with Gasteiger partial charge in [-0.15, -0.1) is 0 Å².